The van der Waals surface area contributed by atoms with Crippen LogP contribution in [0.2, 0.25) is 0 Å². The average Bonchev–Trinajstić information content (AvgIpc) is 3.37. The van der Waals surface area contributed by atoms with E-state index in [4.69, 9.17) is 0 Å². The van der Waals surface area contributed by atoms with Crippen LogP contribution in [0.25, 0.3) is 20.9 Å². The van der Waals surface area contributed by atoms with Crippen molar-refractivity contribution in [3.05, 3.63) is 57.3 Å². The lowest BCUT2D eigenvalue weighted by molar-refractivity contribution is 0.664. The molecule has 0 N–H and O–H groups in total. The summed E-state index contributed by atoms with van der Waals surface area (Å²) in [6.45, 7) is 9.04. The number of rotatable bonds is 12. The van der Waals surface area contributed by atoms with Crippen LogP contribution in [0.3, 0.4) is 0 Å². The first-order chi connectivity index (χ1) is 14.6. The Kier molecular flexibility index (Phi) is 9.21. The van der Waals surface area contributed by atoms with E-state index in [1.165, 1.54) is 94.8 Å². The number of aryl methyl sites for hydroxylation is 4. The Morgan fingerprint density at radius 3 is 1.33 bits per heavy atom. The van der Waals surface area contributed by atoms with Gasteiger partial charge in [0.25, 0.3) is 0 Å². The summed E-state index contributed by atoms with van der Waals surface area (Å²) >= 11 is 3.90. The first-order valence-electron chi connectivity index (χ1n) is 11.9. The fourth-order valence-corrected chi connectivity index (χ4v) is 6.04. The molecule has 0 bridgehead atoms. The Morgan fingerprint density at radius 1 is 0.567 bits per heavy atom. The van der Waals surface area contributed by atoms with Crippen molar-refractivity contribution in [1.29, 1.82) is 0 Å². The minimum absolute atomic E-state index is 1.19. The molecule has 2 heteroatoms. The van der Waals surface area contributed by atoms with Gasteiger partial charge in [0.2, 0.25) is 0 Å². The Bertz CT molecular complexity index is 837. The Morgan fingerprint density at radius 2 is 1.00 bits per heavy atom. The van der Waals surface area contributed by atoms with Gasteiger partial charge >= 0.3 is 0 Å². The van der Waals surface area contributed by atoms with Crippen LogP contribution in [0.5, 0.6) is 0 Å². The highest BCUT2D eigenvalue weighted by molar-refractivity contribution is 7.15. The van der Waals surface area contributed by atoms with Crippen LogP contribution in [-0.2, 0) is 12.8 Å². The first kappa shape index (κ1) is 23.3. The van der Waals surface area contributed by atoms with Gasteiger partial charge in [-0.2, -0.15) is 0 Å². The lowest BCUT2D eigenvalue weighted by Gasteiger charge is -2.16. The fraction of sp³-hybridized carbons (Fsp3) is 0.500. The third kappa shape index (κ3) is 6.31. The van der Waals surface area contributed by atoms with Gasteiger partial charge in [0.15, 0.2) is 0 Å². The summed E-state index contributed by atoms with van der Waals surface area (Å²) < 4.78 is 0. The maximum Gasteiger partial charge on any atom is 0.0348 e. The summed E-state index contributed by atoms with van der Waals surface area (Å²) in [5.74, 6) is 0. The fourth-order valence-electron chi connectivity index (χ4n) is 4.20. The highest BCUT2D eigenvalue weighted by atomic mass is 32.1. The normalized spacial score (nSPS) is 11.3. The van der Waals surface area contributed by atoms with E-state index in [2.05, 4.69) is 64.1 Å². The molecule has 0 amide bonds. The van der Waals surface area contributed by atoms with Crippen molar-refractivity contribution in [2.24, 2.45) is 0 Å². The highest BCUT2D eigenvalue weighted by Gasteiger charge is 2.15. The predicted molar refractivity (Wildman–Crippen MR) is 138 cm³/mol. The standard InChI is InChI=1S/C28H38S2/c1-5-7-9-11-13-23-19-26(28-18-16-22(4)30-28)24(14-12-10-8-6-2)20-25(23)27-17-15-21(3)29-27/h15-20H,5-14H2,1-4H3. The third-order valence-electron chi connectivity index (χ3n) is 5.94. The van der Waals surface area contributed by atoms with Crippen molar-refractivity contribution in [2.75, 3.05) is 0 Å². The SMILES string of the molecule is CCCCCCc1cc(-c2ccc(C)s2)c(CCCCCC)cc1-c1ccc(C)s1. The van der Waals surface area contributed by atoms with Crippen molar-refractivity contribution in [3.8, 4) is 20.9 Å². The van der Waals surface area contributed by atoms with Crippen LogP contribution >= 0.6 is 22.7 Å². The zero-order chi connectivity index (χ0) is 21.3. The molecule has 162 valence electrons. The number of hydrogen-bond donors (Lipinski definition) is 0. The second kappa shape index (κ2) is 11.9. The smallest absolute Gasteiger partial charge is 0.0348 e. The highest BCUT2D eigenvalue weighted by Crippen LogP contribution is 2.39. The van der Waals surface area contributed by atoms with Crippen molar-refractivity contribution in [2.45, 2.75) is 91.9 Å². The molecule has 0 aliphatic rings. The molecule has 2 heterocycles. The van der Waals surface area contributed by atoms with E-state index in [9.17, 15) is 0 Å². The molecule has 0 radical (unpaired) electrons. The maximum absolute atomic E-state index is 2.55. The van der Waals surface area contributed by atoms with E-state index >= 15 is 0 Å². The lowest BCUT2D eigenvalue weighted by Crippen LogP contribution is -1.97. The quantitative estimate of drug-likeness (QED) is 0.247. The van der Waals surface area contributed by atoms with Gasteiger partial charge in [-0.25, -0.2) is 0 Å². The molecule has 0 saturated heterocycles. The summed E-state index contributed by atoms with van der Waals surface area (Å²) in [7, 11) is 0. The monoisotopic (exact) mass is 438 g/mol. The van der Waals surface area contributed by atoms with Crippen molar-refractivity contribution in [3.63, 3.8) is 0 Å². The summed E-state index contributed by atoms with van der Waals surface area (Å²) in [4.78, 5) is 5.71. The second-order valence-electron chi connectivity index (χ2n) is 8.61. The Balaban J connectivity index is 1.99. The number of hydrogen-bond acceptors (Lipinski definition) is 2. The molecule has 0 aliphatic heterocycles. The van der Waals surface area contributed by atoms with Gasteiger partial charge in [-0.15, -0.1) is 22.7 Å². The van der Waals surface area contributed by atoms with Gasteiger partial charge in [-0.3, -0.25) is 0 Å². The molecule has 0 aliphatic carbocycles. The molecule has 0 saturated carbocycles. The van der Waals surface area contributed by atoms with E-state index in [0.717, 1.165) is 0 Å². The molecule has 3 rings (SSSR count). The van der Waals surface area contributed by atoms with E-state index in [-0.39, 0.29) is 0 Å². The van der Waals surface area contributed by atoms with Gasteiger partial charge in [0, 0.05) is 19.5 Å². The summed E-state index contributed by atoms with van der Waals surface area (Å²) in [5.41, 5.74) is 6.08. The van der Waals surface area contributed by atoms with Crippen molar-refractivity contribution >= 4 is 22.7 Å². The van der Waals surface area contributed by atoms with Crippen LogP contribution in [0.15, 0.2) is 36.4 Å². The van der Waals surface area contributed by atoms with Crippen LogP contribution in [0.4, 0.5) is 0 Å². The molecule has 30 heavy (non-hydrogen) atoms. The first-order valence-corrected chi connectivity index (χ1v) is 13.5. The molecule has 0 spiro atoms. The Labute approximate surface area is 192 Å². The van der Waals surface area contributed by atoms with Gasteiger partial charge < -0.3 is 0 Å². The van der Waals surface area contributed by atoms with Gasteiger partial charge in [0.1, 0.15) is 0 Å². The molecule has 1 aromatic carbocycles. The van der Waals surface area contributed by atoms with E-state index < -0.39 is 0 Å². The molecule has 0 unspecified atom stereocenters. The van der Waals surface area contributed by atoms with Crippen molar-refractivity contribution < 1.29 is 0 Å². The third-order valence-corrected chi connectivity index (χ3v) is 8.01. The minimum Gasteiger partial charge on any atom is -0.141 e. The number of unbranched alkanes of at least 4 members (excludes halogenated alkanes) is 6. The van der Waals surface area contributed by atoms with Crippen molar-refractivity contribution in [1.82, 2.24) is 0 Å². The maximum atomic E-state index is 2.55. The molecule has 0 fully saturated rings. The zero-order valence-electron chi connectivity index (χ0n) is 19.4. The minimum atomic E-state index is 1.19. The molecular formula is C28H38S2. The van der Waals surface area contributed by atoms with Crippen LogP contribution < -0.4 is 0 Å². The zero-order valence-corrected chi connectivity index (χ0v) is 21.0. The molecule has 0 nitrogen and oxygen atoms in total. The van der Waals surface area contributed by atoms with Crippen LogP contribution in [0.1, 0.15) is 86.1 Å². The summed E-state index contributed by atoms with van der Waals surface area (Å²) in [5, 5.41) is 0. The molecular weight excluding hydrogens is 400 g/mol. The predicted octanol–water partition coefficient (Wildman–Crippen LogP) is 10.0. The largest absolute Gasteiger partial charge is 0.141 e. The van der Waals surface area contributed by atoms with E-state index in [1.807, 2.05) is 22.7 Å². The number of thiophene rings is 2. The summed E-state index contributed by atoms with van der Waals surface area (Å²) in [6.07, 6.45) is 12.9. The van der Waals surface area contributed by atoms with Gasteiger partial charge in [-0.1, -0.05) is 52.4 Å². The van der Waals surface area contributed by atoms with Crippen LogP contribution in [-0.4, -0.2) is 0 Å². The van der Waals surface area contributed by atoms with Crippen LogP contribution in [0, 0.1) is 13.8 Å². The van der Waals surface area contributed by atoms with Gasteiger partial charge in [-0.05, 0) is 98.2 Å². The number of benzene rings is 1. The summed E-state index contributed by atoms with van der Waals surface area (Å²) in [6, 6.07) is 14.3. The van der Waals surface area contributed by atoms with E-state index in [0.29, 0.717) is 0 Å². The second-order valence-corrected chi connectivity index (χ2v) is 11.2. The molecule has 3 aromatic rings. The van der Waals surface area contributed by atoms with E-state index in [1.54, 1.807) is 11.1 Å². The van der Waals surface area contributed by atoms with Gasteiger partial charge in [0.05, 0.1) is 0 Å². The molecule has 0 atom stereocenters. The lowest BCUT2D eigenvalue weighted by atomic mass is 9.91. The Hall–Kier alpha value is -1.38. The topological polar surface area (TPSA) is 0 Å². The molecule has 2 aromatic heterocycles. The average molecular weight is 439 g/mol.